The Labute approximate surface area is 230 Å². The van der Waals surface area contributed by atoms with Gasteiger partial charge in [-0.15, -0.1) is 0 Å². The van der Waals surface area contributed by atoms with Gasteiger partial charge >= 0.3 is 12.1 Å². The van der Waals surface area contributed by atoms with Gasteiger partial charge in [0.15, 0.2) is 9.84 Å². The number of sulfone groups is 1. The van der Waals surface area contributed by atoms with Crippen LogP contribution in [0.2, 0.25) is 0 Å². The van der Waals surface area contributed by atoms with Gasteiger partial charge < -0.3 is 10.7 Å². The fourth-order valence-corrected chi connectivity index (χ4v) is 5.49. The molecule has 1 unspecified atom stereocenters. The summed E-state index contributed by atoms with van der Waals surface area (Å²) in [7, 11) is -3.45. The van der Waals surface area contributed by atoms with Crippen LogP contribution < -0.4 is 11.3 Å². The number of alkyl halides is 3. The maximum atomic E-state index is 14.5. The number of primary amides is 1. The lowest BCUT2D eigenvalue weighted by molar-refractivity contribution is -0.882. The molecule has 0 spiro atoms. The second-order valence-electron chi connectivity index (χ2n) is 9.97. The molecule has 2 aromatic carbocycles. The van der Waals surface area contributed by atoms with E-state index in [0.29, 0.717) is 5.56 Å². The van der Waals surface area contributed by atoms with Gasteiger partial charge in [0.25, 0.3) is 11.5 Å². The van der Waals surface area contributed by atoms with Gasteiger partial charge in [-0.1, -0.05) is 24.3 Å². The molecule has 0 radical (unpaired) electrons. The minimum Gasteiger partial charge on any atom is -0.365 e. The van der Waals surface area contributed by atoms with Gasteiger partial charge in [-0.05, 0) is 57.5 Å². The molecule has 12 heteroatoms. The topological polar surface area (TPSA) is 127 Å². The van der Waals surface area contributed by atoms with E-state index in [1.54, 1.807) is 32.9 Å². The Morgan fingerprint density at radius 1 is 1.05 bits per heavy atom. The molecule has 214 valence electrons. The number of rotatable bonds is 8. The number of halogens is 3. The van der Waals surface area contributed by atoms with Crippen molar-refractivity contribution >= 4 is 21.7 Å². The molecular formula is C28H31F3N3O5S+. The highest BCUT2D eigenvalue weighted by molar-refractivity contribution is 7.90. The minimum absolute atomic E-state index is 0.0661. The first-order chi connectivity index (χ1) is 18.4. The first-order valence-corrected chi connectivity index (χ1v) is 14.3. The van der Waals surface area contributed by atoms with Crippen molar-refractivity contribution in [2.75, 3.05) is 12.8 Å². The average molecular weight is 579 g/mol. The van der Waals surface area contributed by atoms with E-state index in [4.69, 9.17) is 5.73 Å². The number of aryl methyl sites for hydroxylation is 1. The monoisotopic (exact) mass is 578 g/mol. The molecular weight excluding hydrogens is 547 g/mol. The molecule has 0 aliphatic carbocycles. The summed E-state index contributed by atoms with van der Waals surface area (Å²) in [6, 6.07) is 9.72. The minimum atomic E-state index is -4.72. The summed E-state index contributed by atoms with van der Waals surface area (Å²) in [5.41, 5.74) is 3.10. The summed E-state index contributed by atoms with van der Waals surface area (Å²) in [6.45, 7) is 7.13. The molecule has 0 saturated heterocycles. The van der Waals surface area contributed by atoms with Gasteiger partial charge in [0.1, 0.15) is 17.7 Å². The number of nitrogens with zero attached hydrogens (tertiary/aromatic N) is 1. The Balaban J connectivity index is 2.33. The van der Waals surface area contributed by atoms with Crippen LogP contribution in [-0.2, 0) is 22.6 Å². The number of pyridine rings is 1. The molecule has 1 heterocycles. The van der Waals surface area contributed by atoms with Gasteiger partial charge in [0, 0.05) is 23.1 Å². The molecule has 1 aromatic heterocycles. The second kappa shape index (κ2) is 11.0. The maximum Gasteiger partial charge on any atom is 0.416 e. The van der Waals surface area contributed by atoms with Crippen molar-refractivity contribution in [1.29, 1.82) is 0 Å². The number of hydrogen-bond acceptors (Lipinski definition) is 5. The average Bonchev–Trinajstić information content (AvgIpc) is 2.85. The summed E-state index contributed by atoms with van der Waals surface area (Å²) in [6.07, 6.45) is -3.64. The summed E-state index contributed by atoms with van der Waals surface area (Å²) in [5.74, 6) is -1.74. The number of nitrogens with one attached hydrogen (secondary N) is 1. The number of carbonyl (C=O) groups is 2. The normalized spacial score (nSPS) is 13.7. The zero-order valence-electron chi connectivity index (χ0n) is 22.7. The predicted molar refractivity (Wildman–Crippen MR) is 144 cm³/mol. The lowest BCUT2D eigenvalue weighted by Gasteiger charge is -2.39. The van der Waals surface area contributed by atoms with Crippen LogP contribution in [0.25, 0.3) is 11.1 Å². The maximum absolute atomic E-state index is 14.5. The zero-order chi connectivity index (χ0) is 30.2. The van der Waals surface area contributed by atoms with E-state index in [9.17, 15) is 36.0 Å². The van der Waals surface area contributed by atoms with Gasteiger partial charge in [-0.25, -0.2) is 13.2 Å². The second-order valence-corrected chi connectivity index (χ2v) is 12.0. The smallest absolute Gasteiger partial charge is 0.365 e. The Morgan fingerprint density at radius 2 is 1.65 bits per heavy atom. The summed E-state index contributed by atoms with van der Waals surface area (Å²) in [4.78, 5) is 42.4. The predicted octanol–water partition coefficient (Wildman–Crippen LogP) is 4.46. The molecule has 3 aromatic rings. The van der Waals surface area contributed by atoms with Crippen molar-refractivity contribution in [2.45, 2.75) is 51.4 Å². The summed E-state index contributed by atoms with van der Waals surface area (Å²) in [5, 5.41) is 0. The summed E-state index contributed by atoms with van der Waals surface area (Å²) < 4.78 is 64.3. The Bertz CT molecular complexity index is 1630. The van der Waals surface area contributed by atoms with E-state index < -0.39 is 44.5 Å². The van der Waals surface area contributed by atoms with Crippen molar-refractivity contribution in [3.8, 4) is 11.1 Å². The van der Waals surface area contributed by atoms with Crippen molar-refractivity contribution in [3.63, 3.8) is 0 Å². The largest absolute Gasteiger partial charge is 0.416 e. The van der Waals surface area contributed by atoms with Gasteiger partial charge in [-0.2, -0.15) is 13.2 Å². The number of H-pyrrole nitrogens is 1. The summed E-state index contributed by atoms with van der Waals surface area (Å²) >= 11 is 0. The number of aromatic nitrogens is 1. The third kappa shape index (κ3) is 5.87. The van der Waals surface area contributed by atoms with E-state index in [1.165, 1.54) is 25.1 Å². The number of benzene rings is 2. The molecule has 3 N–H and O–H groups in total. The van der Waals surface area contributed by atoms with E-state index in [2.05, 4.69) is 4.98 Å². The lowest BCUT2D eigenvalue weighted by atomic mass is 9.91. The number of carbonyl (C=O) groups excluding carboxylic acids is 2. The SMILES string of the molecule is CC[N+](Cc1ccc(S(C)(=O)=O)cc1)(C(=O)c1c(C)[nH]c(=O)c(C(N)=O)c1-c1cccc(C(F)(F)F)c1)C(C)C. The third-order valence-electron chi connectivity index (χ3n) is 7.12. The highest BCUT2D eigenvalue weighted by Crippen LogP contribution is 2.36. The number of quaternary nitrogens is 1. The van der Waals surface area contributed by atoms with Gasteiger partial charge in [0.2, 0.25) is 0 Å². The van der Waals surface area contributed by atoms with Crippen molar-refractivity contribution < 1.29 is 35.7 Å². The van der Waals surface area contributed by atoms with Crippen molar-refractivity contribution in [3.05, 3.63) is 86.8 Å². The Hall–Kier alpha value is -3.77. The molecule has 40 heavy (non-hydrogen) atoms. The molecule has 8 nitrogen and oxygen atoms in total. The molecule has 0 bridgehead atoms. The molecule has 0 aliphatic rings. The fourth-order valence-electron chi connectivity index (χ4n) is 4.86. The zero-order valence-corrected chi connectivity index (χ0v) is 23.5. The first-order valence-electron chi connectivity index (χ1n) is 12.4. The standard InChI is InChI=1S/C28H30F3N3O5S/c1-6-34(16(2)3,15-18-10-12-21(13-11-18)40(5,38)39)27(37)22-17(4)33-26(36)24(25(32)35)23(22)19-8-7-9-20(14-19)28(29,30)31/h7-14,16H,6,15H2,1-5H3,(H2-,32,33,35,36,37)/p+1. The fraction of sp³-hybridized carbons (Fsp3) is 0.321. The van der Waals surface area contributed by atoms with Crippen molar-refractivity contribution in [2.24, 2.45) is 5.73 Å². The van der Waals surface area contributed by atoms with Gasteiger partial charge in [0.05, 0.1) is 23.0 Å². The van der Waals surface area contributed by atoms with E-state index in [1.807, 2.05) is 0 Å². The number of hydrogen-bond donors (Lipinski definition) is 2. The molecule has 1 atom stereocenters. The van der Waals surface area contributed by atoms with Crippen LogP contribution in [0.5, 0.6) is 0 Å². The number of aromatic amines is 1. The van der Waals surface area contributed by atoms with Crippen LogP contribution in [-0.4, -0.2) is 48.5 Å². The molecule has 0 fully saturated rings. The highest BCUT2D eigenvalue weighted by Gasteiger charge is 2.43. The van der Waals surface area contributed by atoms with E-state index >= 15 is 0 Å². The Morgan fingerprint density at radius 3 is 2.12 bits per heavy atom. The third-order valence-corrected chi connectivity index (χ3v) is 8.24. The Kier molecular flexibility index (Phi) is 8.47. The van der Waals surface area contributed by atoms with Crippen LogP contribution in [0.4, 0.5) is 13.2 Å². The van der Waals surface area contributed by atoms with Crippen LogP contribution >= 0.6 is 0 Å². The molecule has 3 rings (SSSR count). The van der Waals surface area contributed by atoms with Crippen molar-refractivity contribution in [1.82, 2.24) is 4.98 Å². The lowest BCUT2D eigenvalue weighted by Crippen LogP contribution is -2.57. The van der Waals surface area contributed by atoms with E-state index in [0.717, 1.165) is 24.5 Å². The highest BCUT2D eigenvalue weighted by atomic mass is 32.2. The van der Waals surface area contributed by atoms with Crippen LogP contribution in [0.3, 0.4) is 0 Å². The van der Waals surface area contributed by atoms with Crippen LogP contribution in [0.15, 0.2) is 58.2 Å². The first kappa shape index (κ1) is 30.8. The van der Waals surface area contributed by atoms with Crippen LogP contribution in [0.1, 0.15) is 58.3 Å². The molecule has 0 aliphatic heterocycles. The molecule has 0 saturated carbocycles. The van der Waals surface area contributed by atoms with E-state index in [-0.39, 0.29) is 50.9 Å². The van der Waals surface area contributed by atoms with Crippen LogP contribution in [0, 0.1) is 6.92 Å². The number of amides is 2. The number of nitrogens with two attached hydrogens (primary N) is 1. The van der Waals surface area contributed by atoms with Gasteiger partial charge in [-0.3, -0.25) is 14.1 Å². The quantitative estimate of drug-likeness (QED) is 0.382. The molecule has 2 amide bonds.